The Hall–Kier alpha value is -0.860. The van der Waals surface area contributed by atoms with Crippen molar-refractivity contribution in [3.63, 3.8) is 0 Å². The molecule has 0 unspecified atom stereocenters. The lowest BCUT2D eigenvalue weighted by Crippen LogP contribution is -2.37. The van der Waals surface area contributed by atoms with E-state index in [0.717, 1.165) is 0 Å². The number of ether oxygens (including phenoxy) is 3. The lowest BCUT2D eigenvalue weighted by molar-refractivity contribution is -0.373. The largest absolute Gasteiger partial charge is 0.421 e. The van der Waals surface area contributed by atoms with Crippen LogP contribution in [0.5, 0.6) is 0 Å². The van der Waals surface area contributed by atoms with E-state index in [0.29, 0.717) is 5.95 Å². The summed E-state index contributed by atoms with van der Waals surface area (Å²) in [4.78, 5) is 0. The van der Waals surface area contributed by atoms with Crippen LogP contribution in [0, 0.1) is 6.92 Å². The summed E-state index contributed by atoms with van der Waals surface area (Å²) >= 11 is 0. The van der Waals surface area contributed by atoms with Gasteiger partial charge in [0.25, 0.3) is 0 Å². The van der Waals surface area contributed by atoms with E-state index >= 15 is 0 Å². The van der Waals surface area contributed by atoms with Crippen molar-refractivity contribution in [3.8, 4) is 0 Å². The summed E-state index contributed by atoms with van der Waals surface area (Å²) in [7, 11) is 0. The van der Waals surface area contributed by atoms with Crippen molar-refractivity contribution < 1.29 is 14.2 Å². The van der Waals surface area contributed by atoms with Gasteiger partial charge in [0.1, 0.15) is 0 Å². The molecule has 1 fully saturated rings. The Morgan fingerprint density at radius 1 is 1.57 bits per heavy atom. The van der Waals surface area contributed by atoms with Gasteiger partial charge in [-0.05, 0) is 0 Å². The first-order valence-electron chi connectivity index (χ1n) is 1.90. The highest BCUT2D eigenvalue weighted by Crippen LogP contribution is 2.39. The molecule has 2 bridgehead atoms. The second-order valence-corrected chi connectivity index (χ2v) is 1.44. The van der Waals surface area contributed by atoms with Gasteiger partial charge in [-0.15, -0.1) is 0 Å². The summed E-state index contributed by atoms with van der Waals surface area (Å²) in [5, 5.41) is 0. The molecule has 0 aromatic heterocycles. The molecule has 7 heavy (non-hydrogen) atoms. The van der Waals surface area contributed by atoms with Crippen LogP contribution in [0.2, 0.25) is 0 Å². The number of rotatable bonds is 0. The molecule has 3 rings (SSSR count). The van der Waals surface area contributed by atoms with Crippen LogP contribution >= 0.6 is 0 Å². The maximum atomic E-state index is 4.74. The SMILES string of the molecule is [CH2]C12OC=C(O1)O2. The average molecular weight is 99.1 g/mol. The second-order valence-electron chi connectivity index (χ2n) is 1.44. The Morgan fingerprint density at radius 2 is 2.29 bits per heavy atom. The van der Waals surface area contributed by atoms with E-state index in [1.807, 2.05) is 0 Å². The van der Waals surface area contributed by atoms with E-state index in [2.05, 4.69) is 6.92 Å². The van der Waals surface area contributed by atoms with Crippen molar-refractivity contribution in [3.05, 3.63) is 19.1 Å². The Balaban J connectivity index is 2.33. The third kappa shape index (κ3) is 0.221. The molecule has 0 aromatic rings. The van der Waals surface area contributed by atoms with Gasteiger partial charge in [0.2, 0.25) is 0 Å². The van der Waals surface area contributed by atoms with E-state index in [4.69, 9.17) is 14.2 Å². The van der Waals surface area contributed by atoms with E-state index in [1.165, 1.54) is 6.26 Å². The fourth-order valence-electron chi connectivity index (χ4n) is 0.548. The first-order chi connectivity index (χ1) is 3.29. The van der Waals surface area contributed by atoms with Crippen LogP contribution in [0.1, 0.15) is 0 Å². The van der Waals surface area contributed by atoms with Crippen molar-refractivity contribution in [2.45, 2.75) is 5.97 Å². The summed E-state index contributed by atoms with van der Waals surface area (Å²) in [6.07, 6.45) is 1.40. The molecule has 1 saturated heterocycles. The zero-order valence-corrected chi connectivity index (χ0v) is 3.51. The van der Waals surface area contributed by atoms with Crippen LogP contribution in [0.4, 0.5) is 0 Å². The molecule has 0 spiro atoms. The van der Waals surface area contributed by atoms with Crippen LogP contribution in [0.25, 0.3) is 0 Å². The normalized spacial score (nSPS) is 28.4. The zero-order valence-electron chi connectivity index (χ0n) is 3.51. The molecular formula is C4H3O3. The Labute approximate surface area is 40.5 Å². The maximum Gasteiger partial charge on any atom is 0.421 e. The predicted molar refractivity (Wildman–Crippen MR) is 19.4 cm³/mol. The summed E-state index contributed by atoms with van der Waals surface area (Å²) in [5.41, 5.74) is 0. The van der Waals surface area contributed by atoms with Crippen molar-refractivity contribution in [2.75, 3.05) is 0 Å². The molecule has 0 aliphatic carbocycles. The second kappa shape index (κ2) is 0.598. The van der Waals surface area contributed by atoms with Gasteiger partial charge in [-0.1, -0.05) is 0 Å². The third-order valence-electron chi connectivity index (χ3n) is 0.847. The molecular weight excluding hydrogens is 96.0 g/mol. The van der Waals surface area contributed by atoms with E-state index in [9.17, 15) is 0 Å². The smallest absolute Gasteiger partial charge is 0.421 e. The molecule has 3 aliphatic rings. The summed E-state index contributed by atoms with van der Waals surface area (Å²) in [6, 6.07) is 0. The molecule has 0 aromatic carbocycles. The van der Waals surface area contributed by atoms with Crippen LogP contribution < -0.4 is 0 Å². The van der Waals surface area contributed by atoms with Crippen LogP contribution in [-0.4, -0.2) is 5.97 Å². The minimum absolute atomic E-state index is 0.426. The van der Waals surface area contributed by atoms with Gasteiger partial charge >= 0.3 is 11.9 Å². The molecule has 3 heteroatoms. The first kappa shape index (κ1) is 3.18. The van der Waals surface area contributed by atoms with Crippen molar-refractivity contribution in [1.82, 2.24) is 0 Å². The fourth-order valence-corrected chi connectivity index (χ4v) is 0.548. The molecule has 3 nitrogen and oxygen atoms in total. The minimum Gasteiger partial charge on any atom is -0.421 e. The molecule has 1 radical (unpaired) electrons. The highest BCUT2D eigenvalue weighted by atomic mass is 17.0. The molecule has 3 heterocycles. The van der Waals surface area contributed by atoms with Crippen LogP contribution in [0.3, 0.4) is 0 Å². The van der Waals surface area contributed by atoms with Crippen molar-refractivity contribution in [1.29, 1.82) is 0 Å². The number of fused-ring (bicyclic) bond motifs is 1. The first-order valence-corrected chi connectivity index (χ1v) is 1.90. The van der Waals surface area contributed by atoms with Gasteiger partial charge < -0.3 is 14.2 Å². The van der Waals surface area contributed by atoms with Crippen molar-refractivity contribution in [2.24, 2.45) is 0 Å². The highest BCUT2D eigenvalue weighted by Gasteiger charge is 2.49. The topological polar surface area (TPSA) is 27.7 Å². The van der Waals surface area contributed by atoms with Gasteiger partial charge in [-0.25, -0.2) is 0 Å². The maximum absolute atomic E-state index is 4.74. The standard InChI is InChI=1S/C4H3O3/c1-4-5-2-3(6-4)7-4/h2H,1H2. The molecule has 0 saturated carbocycles. The van der Waals surface area contributed by atoms with Gasteiger partial charge in [0.15, 0.2) is 6.26 Å². The minimum atomic E-state index is -1.00. The monoisotopic (exact) mass is 99.0 g/mol. The molecule has 0 amide bonds. The number of hydrogen-bond acceptors (Lipinski definition) is 3. The fraction of sp³-hybridized carbons (Fsp3) is 0.250. The van der Waals surface area contributed by atoms with E-state index in [1.54, 1.807) is 0 Å². The van der Waals surface area contributed by atoms with Gasteiger partial charge in [-0.2, -0.15) is 0 Å². The van der Waals surface area contributed by atoms with E-state index in [-0.39, 0.29) is 0 Å². The Bertz CT molecular complexity index is 124. The molecule has 0 atom stereocenters. The van der Waals surface area contributed by atoms with Gasteiger partial charge in [-0.3, -0.25) is 0 Å². The summed E-state index contributed by atoms with van der Waals surface area (Å²) in [5.74, 6) is -0.579. The predicted octanol–water partition coefficient (Wildman–Crippen LogP) is 0.350. The van der Waals surface area contributed by atoms with Gasteiger partial charge in [0, 0.05) is 0 Å². The summed E-state index contributed by atoms with van der Waals surface area (Å²) in [6.45, 7) is 3.42. The molecule has 3 aliphatic heterocycles. The zero-order chi connectivity index (χ0) is 4.91. The van der Waals surface area contributed by atoms with Crippen LogP contribution in [-0.2, 0) is 14.2 Å². The average Bonchev–Trinajstić information content (AvgIpc) is 1.88. The third-order valence-corrected chi connectivity index (χ3v) is 0.847. The lowest BCUT2D eigenvalue weighted by Gasteiger charge is -2.29. The molecule has 0 N–H and O–H groups in total. The van der Waals surface area contributed by atoms with E-state index < -0.39 is 5.97 Å². The Kier molecular flexibility index (Phi) is 0.272. The van der Waals surface area contributed by atoms with Crippen LogP contribution in [0.15, 0.2) is 12.2 Å². The lowest BCUT2D eigenvalue weighted by atomic mass is 10.6. The number of hydrogen-bond donors (Lipinski definition) is 0. The highest BCUT2D eigenvalue weighted by molar-refractivity contribution is 4.98. The van der Waals surface area contributed by atoms with Gasteiger partial charge in [0.05, 0.1) is 6.92 Å². The Morgan fingerprint density at radius 3 is 2.43 bits per heavy atom. The van der Waals surface area contributed by atoms with Crippen molar-refractivity contribution >= 4 is 0 Å². The quantitative estimate of drug-likeness (QED) is 0.438. The summed E-state index contributed by atoms with van der Waals surface area (Å²) < 4.78 is 14.2. The molecule has 37 valence electrons.